The molecule has 275 valence electrons. The van der Waals surface area contributed by atoms with Gasteiger partial charge in [-0.15, -0.1) is 0 Å². The molecule has 3 aromatic rings. The van der Waals surface area contributed by atoms with Crippen LogP contribution in [-0.2, 0) is 4.43 Å². The average molecular weight is 762 g/mol. The molecular weight excluding hydrogens is 705 g/mol. The lowest BCUT2D eigenvalue weighted by molar-refractivity contribution is 0.0427. The lowest BCUT2D eigenvalue weighted by Gasteiger charge is -2.34. The maximum absolute atomic E-state index is 6.25. The van der Waals surface area contributed by atoms with Gasteiger partial charge in [0.05, 0.1) is 76.8 Å². The van der Waals surface area contributed by atoms with Crippen molar-refractivity contribution < 1.29 is 32.8 Å². The predicted octanol–water partition coefficient (Wildman–Crippen LogP) is 6.90. The van der Waals surface area contributed by atoms with E-state index in [1.807, 2.05) is 18.2 Å². The highest BCUT2D eigenvalue weighted by Crippen LogP contribution is 2.32. The van der Waals surface area contributed by atoms with Crippen LogP contribution in [0.1, 0.15) is 77.0 Å². The molecule has 0 N–H and O–H groups in total. The van der Waals surface area contributed by atoms with E-state index in [9.17, 15) is 0 Å². The van der Waals surface area contributed by atoms with Crippen molar-refractivity contribution in [2.24, 2.45) is 0 Å². The summed E-state index contributed by atoms with van der Waals surface area (Å²) in [5.41, 5.74) is -0.133. The third-order valence-corrected chi connectivity index (χ3v) is 13.9. The maximum atomic E-state index is 6.25. The Hall–Kier alpha value is -2.71. The summed E-state index contributed by atoms with van der Waals surface area (Å²) in [4.78, 5) is 0. The van der Waals surface area contributed by atoms with Gasteiger partial charge in [-0.05, 0) is 53.0 Å². The van der Waals surface area contributed by atoms with Gasteiger partial charge in [0, 0.05) is 0 Å². The summed E-state index contributed by atoms with van der Waals surface area (Å²) in [6, 6.07) is 22.0. The number of benzene rings is 3. The second kappa shape index (κ2) is 24.5. The van der Waals surface area contributed by atoms with Crippen molar-refractivity contribution in [3.05, 3.63) is 54.6 Å². The Morgan fingerprint density at radius 1 is 0.431 bits per heavy atom. The molecule has 0 bridgehead atoms. The van der Waals surface area contributed by atoms with Gasteiger partial charge in [-0.3, -0.25) is 0 Å². The van der Waals surface area contributed by atoms with Crippen LogP contribution in [0.25, 0.3) is 0 Å². The van der Waals surface area contributed by atoms with E-state index < -0.39 is 0 Å². The normalized spacial score (nSPS) is 11.4. The zero-order valence-corrected chi connectivity index (χ0v) is 35.7. The smallest absolute Gasteiger partial charge is 0.247 e. The minimum Gasteiger partial charge on any atom is -0.493 e. The third kappa shape index (κ3) is 13.7. The van der Waals surface area contributed by atoms with Crippen molar-refractivity contribution in [1.82, 2.24) is 0 Å². The molecule has 3 rings (SSSR count). The quantitative estimate of drug-likeness (QED) is 0.0590. The van der Waals surface area contributed by atoms with Gasteiger partial charge < -0.3 is 32.8 Å². The summed E-state index contributed by atoms with van der Waals surface area (Å²) in [7, 11) is 16.0. The molecule has 0 aliphatic heterocycles. The molecule has 3 aromatic carbocycles. The molecule has 0 saturated heterocycles. The number of rotatable bonds is 28. The van der Waals surface area contributed by atoms with Gasteiger partial charge in [-0.2, -0.15) is 0 Å². The number of para-hydroxylation sites is 3. The monoisotopic (exact) mass is 761 g/mol. The van der Waals surface area contributed by atoms with Crippen LogP contribution in [0.3, 0.4) is 0 Å². The molecule has 0 aliphatic carbocycles. The zero-order chi connectivity index (χ0) is 36.7. The molecule has 0 heterocycles. The summed E-state index contributed by atoms with van der Waals surface area (Å²) in [6.45, 7) is 0. The van der Waals surface area contributed by atoms with Crippen molar-refractivity contribution in [2.45, 2.75) is 101 Å². The van der Waals surface area contributed by atoms with Crippen LogP contribution in [0.4, 0.5) is 0 Å². The molecule has 11 heteroatoms. The lowest BCUT2D eigenvalue weighted by atomic mass is 9.85. The number of ether oxygens (including phenoxy) is 6. The predicted molar refractivity (Wildman–Crippen MR) is 214 cm³/mol. The summed E-state index contributed by atoms with van der Waals surface area (Å²) >= 11 is 0. The second-order valence-electron chi connectivity index (χ2n) is 12.6. The minimum atomic E-state index is -0.133. The van der Waals surface area contributed by atoms with E-state index >= 15 is 0 Å². The van der Waals surface area contributed by atoms with E-state index in [1.165, 1.54) is 54.1 Å². The summed E-state index contributed by atoms with van der Waals surface area (Å²) in [5, 5.41) is 3.72. The van der Waals surface area contributed by atoms with E-state index in [-0.39, 0.29) is 5.60 Å². The van der Waals surface area contributed by atoms with Gasteiger partial charge in [0.15, 0.2) is 34.5 Å². The van der Waals surface area contributed by atoms with Crippen molar-refractivity contribution >= 4 is 54.6 Å². The van der Waals surface area contributed by atoms with Crippen LogP contribution in [0.5, 0.6) is 34.5 Å². The van der Waals surface area contributed by atoms with Crippen LogP contribution < -0.4 is 44.0 Å². The van der Waals surface area contributed by atoms with E-state index in [1.54, 1.807) is 42.7 Å². The first kappa shape index (κ1) is 42.7. The fourth-order valence-corrected chi connectivity index (χ4v) is 10.7. The Balaban J connectivity index is 1.49. The van der Waals surface area contributed by atoms with Crippen molar-refractivity contribution in [3.8, 4) is 34.5 Å². The Morgan fingerprint density at radius 2 is 0.745 bits per heavy atom. The largest absolute Gasteiger partial charge is 0.493 e. The second-order valence-corrected chi connectivity index (χ2v) is 17.0. The first-order chi connectivity index (χ1) is 25.0. The SMILES string of the molecule is COc1cccc([Si]CCCCCC(CCCCC[Si]c2cccc(OC)c2OC)(CCCCC[Si]c2cccc(OC)c2OC)O[Si])c1OC. The Kier molecular flexibility index (Phi) is 20.5. The highest BCUT2D eigenvalue weighted by atomic mass is 28.2. The molecule has 0 unspecified atom stereocenters. The van der Waals surface area contributed by atoms with Gasteiger partial charge in [0.2, 0.25) is 10.5 Å². The van der Waals surface area contributed by atoms with E-state index in [0.717, 1.165) is 91.2 Å². The van der Waals surface area contributed by atoms with Crippen LogP contribution in [-0.4, -0.2) is 87.3 Å². The van der Waals surface area contributed by atoms with Gasteiger partial charge in [0.25, 0.3) is 0 Å². The molecule has 0 saturated carbocycles. The average Bonchev–Trinajstić information content (AvgIpc) is 3.17. The molecule has 0 fully saturated rings. The Morgan fingerprint density at radius 3 is 1.00 bits per heavy atom. The van der Waals surface area contributed by atoms with E-state index in [0.29, 0.717) is 28.6 Å². The standard InChI is InChI=1S/C40H57O7Si4/c1-41-31-19-16-22-34(37(31)44-4)49-28-13-7-10-25-40(47-48,26-11-8-14-29-50-35-23-17-20-32(42-2)38(35)45-5)27-12-9-15-30-51-36-24-18-21-33(43-3)39(36)46-6/h16-24H,7-15,25-30H2,1-6H3. The van der Waals surface area contributed by atoms with Crippen molar-refractivity contribution in [1.29, 1.82) is 0 Å². The van der Waals surface area contributed by atoms with Gasteiger partial charge in [-0.1, -0.05) is 112 Å². The molecule has 0 aliphatic rings. The van der Waals surface area contributed by atoms with Crippen molar-refractivity contribution in [3.63, 3.8) is 0 Å². The fourth-order valence-electron chi connectivity index (χ4n) is 6.52. The van der Waals surface area contributed by atoms with Crippen LogP contribution in [0.2, 0.25) is 18.1 Å². The maximum Gasteiger partial charge on any atom is 0.247 e. The van der Waals surface area contributed by atoms with Crippen LogP contribution in [0, 0.1) is 0 Å². The first-order valence-electron chi connectivity index (χ1n) is 18.2. The number of methoxy groups -OCH3 is 6. The number of unbranched alkanes of at least 4 members (excludes halogenated alkanes) is 6. The topological polar surface area (TPSA) is 64.6 Å². The third-order valence-electron chi connectivity index (χ3n) is 9.30. The van der Waals surface area contributed by atoms with E-state index in [2.05, 4.69) is 46.9 Å². The van der Waals surface area contributed by atoms with Gasteiger partial charge in [0.1, 0.15) is 0 Å². The Labute approximate surface area is 318 Å². The molecule has 0 spiro atoms. The fraction of sp³-hybridized carbons (Fsp3) is 0.550. The molecule has 0 aromatic heterocycles. The Bertz CT molecular complexity index is 1240. The first-order valence-corrected chi connectivity index (χ1v) is 22.2. The van der Waals surface area contributed by atoms with Crippen molar-refractivity contribution in [2.75, 3.05) is 42.7 Å². The number of hydrogen-bond donors (Lipinski definition) is 0. The highest BCUT2D eigenvalue weighted by Gasteiger charge is 2.28. The van der Waals surface area contributed by atoms with Gasteiger partial charge in [-0.25, -0.2) is 0 Å². The highest BCUT2D eigenvalue weighted by molar-refractivity contribution is 6.55. The molecule has 0 atom stereocenters. The lowest BCUT2D eigenvalue weighted by Crippen LogP contribution is -2.32. The molecular formula is C40H57O7Si4. The molecule has 9 radical (unpaired) electrons. The van der Waals surface area contributed by atoms with Crippen LogP contribution in [0.15, 0.2) is 54.6 Å². The molecule has 0 amide bonds. The minimum absolute atomic E-state index is 0.133. The van der Waals surface area contributed by atoms with Crippen LogP contribution >= 0.6 is 0 Å². The summed E-state index contributed by atoms with van der Waals surface area (Å²) < 4.78 is 39.7. The molecule has 51 heavy (non-hydrogen) atoms. The number of hydrogen-bond acceptors (Lipinski definition) is 7. The summed E-state index contributed by atoms with van der Waals surface area (Å²) in [6.07, 6.45) is 13.9. The zero-order valence-electron chi connectivity index (χ0n) is 31.7. The van der Waals surface area contributed by atoms with Gasteiger partial charge >= 0.3 is 0 Å². The molecule has 7 nitrogen and oxygen atoms in total. The summed E-state index contributed by atoms with van der Waals surface area (Å²) in [5.74, 6) is 5.04. The van der Waals surface area contributed by atoms with E-state index in [4.69, 9.17) is 32.8 Å².